The van der Waals surface area contributed by atoms with Gasteiger partial charge in [-0.1, -0.05) is 6.08 Å². The van der Waals surface area contributed by atoms with E-state index in [2.05, 4.69) is 16.6 Å². The third kappa shape index (κ3) is 0.461. The Balaban J connectivity index is 2.30. The molecule has 0 fully saturated rings. The van der Waals surface area contributed by atoms with E-state index < -0.39 is 0 Å². The second-order valence-electron chi connectivity index (χ2n) is 1.93. The third-order valence-electron chi connectivity index (χ3n) is 1.29. The van der Waals surface area contributed by atoms with Crippen LogP contribution in [0.3, 0.4) is 0 Å². The van der Waals surface area contributed by atoms with Gasteiger partial charge < -0.3 is 0 Å². The first kappa shape index (κ1) is 3.89. The summed E-state index contributed by atoms with van der Waals surface area (Å²) < 4.78 is 0. The molecule has 1 heterocycles. The van der Waals surface area contributed by atoms with E-state index >= 15 is 0 Å². The second-order valence-corrected chi connectivity index (χ2v) is 1.93. The highest BCUT2D eigenvalue weighted by atomic mass is 15.3. The molecule has 2 aliphatic rings. The highest BCUT2D eigenvalue weighted by Gasteiger charge is 2.18. The van der Waals surface area contributed by atoms with E-state index in [9.17, 15) is 0 Å². The number of nitrogens with zero attached hydrogens (tertiary/aromatic N) is 1. The molecule has 40 valence electrons. The van der Waals surface area contributed by atoms with Crippen LogP contribution in [0.2, 0.25) is 0 Å². The van der Waals surface area contributed by atoms with Crippen molar-refractivity contribution in [2.45, 2.75) is 6.42 Å². The van der Waals surface area contributed by atoms with E-state index in [-0.39, 0.29) is 0 Å². The van der Waals surface area contributed by atoms with Crippen molar-refractivity contribution in [1.29, 1.82) is 0 Å². The Kier molecular flexibility index (Phi) is 0.592. The predicted molar refractivity (Wildman–Crippen MR) is 32.4 cm³/mol. The van der Waals surface area contributed by atoms with Crippen LogP contribution in [0.5, 0.6) is 0 Å². The topological polar surface area (TPSA) is 24.4 Å². The zero-order chi connectivity index (χ0) is 5.40. The van der Waals surface area contributed by atoms with Crippen molar-refractivity contribution in [2.24, 2.45) is 5.10 Å². The Morgan fingerprint density at radius 1 is 1.62 bits per heavy atom. The lowest BCUT2D eigenvalue weighted by Crippen LogP contribution is -1.93. The van der Waals surface area contributed by atoms with Crippen LogP contribution >= 0.6 is 0 Å². The van der Waals surface area contributed by atoms with Gasteiger partial charge in [0.1, 0.15) is 0 Å². The quantitative estimate of drug-likeness (QED) is 0.485. The van der Waals surface area contributed by atoms with Crippen molar-refractivity contribution in [3.8, 4) is 0 Å². The number of allylic oxidation sites excluding steroid dienone is 4. The molecule has 0 spiro atoms. The Labute approximate surface area is 47.6 Å². The summed E-state index contributed by atoms with van der Waals surface area (Å²) in [6, 6.07) is 0. The first-order valence-corrected chi connectivity index (χ1v) is 2.64. The summed E-state index contributed by atoms with van der Waals surface area (Å²) in [6.45, 7) is 0. The lowest BCUT2D eigenvalue weighted by atomic mass is 10.4. The smallest absolute Gasteiger partial charge is 0.0472 e. The highest BCUT2D eigenvalue weighted by Crippen LogP contribution is 2.29. The normalized spacial score (nSPS) is 22.0. The molecule has 8 heavy (non-hydrogen) atoms. The molecule has 0 saturated heterocycles. The first-order chi connectivity index (χ1) is 3.97. The van der Waals surface area contributed by atoms with Crippen LogP contribution in [0.25, 0.3) is 0 Å². The summed E-state index contributed by atoms with van der Waals surface area (Å²) in [5.41, 5.74) is 5.57. The van der Waals surface area contributed by atoms with Gasteiger partial charge in [-0.05, 0) is 11.6 Å². The summed E-state index contributed by atoms with van der Waals surface area (Å²) >= 11 is 0. The number of rotatable bonds is 0. The minimum absolute atomic E-state index is 1.10. The van der Waals surface area contributed by atoms with Gasteiger partial charge in [0, 0.05) is 18.3 Å². The van der Waals surface area contributed by atoms with E-state index in [4.69, 9.17) is 0 Å². The molecule has 0 aromatic carbocycles. The maximum atomic E-state index is 3.87. The number of nitrogens with one attached hydrogen (secondary N) is 1. The van der Waals surface area contributed by atoms with Crippen molar-refractivity contribution < 1.29 is 0 Å². The Hall–Kier alpha value is -1.05. The molecule has 2 rings (SSSR count). The fourth-order valence-corrected chi connectivity index (χ4v) is 0.735. The molecule has 0 aromatic heterocycles. The van der Waals surface area contributed by atoms with Gasteiger partial charge in [-0.2, -0.15) is 5.10 Å². The summed E-state index contributed by atoms with van der Waals surface area (Å²) in [5, 5.41) is 3.87. The number of hydrazone groups is 1. The SMILES string of the molecule is C1=CC2=C(C2)NN=C1. The zero-order valence-corrected chi connectivity index (χ0v) is 4.39. The van der Waals surface area contributed by atoms with E-state index in [0.29, 0.717) is 0 Å². The van der Waals surface area contributed by atoms with Gasteiger partial charge in [0.2, 0.25) is 0 Å². The molecule has 1 N–H and O–H groups in total. The van der Waals surface area contributed by atoms with E-state index in [1.165, 1.54) is 11.3 Å². The van der Waals surface area contributed by atoms with E-state index in [1.54, 1.807) is 6.21 Å². The molecule has 0 bridgehead atoms. The van der Waals surface area contributed by atoms with Gasteiger partial charge >= 0.3 is 0 Å². The van der Waals surface area contributed by atoms with Gasteiger partial charge in [-0.15, -0.1) is 0 Å². The van der Waals surface area contributed by atoms with Crippen LogP contribution in [0.1, 0.15) is 6.42 Å². The van der Waals surface area contributed by atoms with Gasteiger partial charge in [0.05, 0.1) is 0 Å². The minimum Gasteiger partial charge on any atom is -0.282 e. The van der Waals surface area contributed by atoms with Gasteiger partial charge in [-0.3, -0.25) is 5.43 Å². The Morgan fingerprint density at radius 2 is 2.62 bits per heavy atom. The lowest BCUT2D eigenvalue weighted by molar-refractivity contribution is 0.928. The van der Waals surface area contributed by atoms with Crippen molar-refractivity contribution in [1.82, 2.24) is 5.43 Å². The fraction of sp³-hybridized carbons (Fsp3) is 0.167. The summed E-state index contributed by atoms with van der Waals surface area (Å²) in [5.74, 6) is 0. The predicted octanol–water partition coefficient (Wildman–Crippen LogP) is 0.789. The minimum atomic E-state index is 1.10. The van der Waals surface area contributed by atoms with Crippen molar-refractivity contribution in [2.75, 3.05) is 0 Å². The fourth-order valence-electron chi connectivity index (χ4n) is 0.735. The summed E-state index contributed by atoms with van der Waals surface area (Å²) in [6.07, 6.45) is 6.89. The molecule has 0 aromatic rings. The molecule has 1 aliphatic heterocycles. The average Bonchev–Trinajstić information content (AvgIpc) is 2.36. The maximum Gasteiger partial charge on any atom is 0.0472 e. The third-order valence-corrected chi connectivity index (χ3v) is 1.29. The monoisotopic (exact) mass is 106 g/mol. The molecular weight excluding hydrogens is 100 g/mol. The van der Waals surface area contributed by atoms with Crippen LogP contribution < -0.4 is 5.43 Å². The van der Waals surface area contributed by atoms with Crippen LogP contribution in [-0.2, 0) is 0 Å². The summed E-state index contributed by atoms with van der Waals surface area (Å²) in [4.78, 5) is 0. The molecule has 0 saturated carbocycles. The van der Waals surface area contributed by atoms with E-state index in [0.717, 1.165) is 6.42 Å². The lowest BCUT2D eigenvalue weighted by Gasteiger charge is -1.83. The molecule has 1 aliphatic carbocycles. The Bertz CT molecular complexity index is 199. The summed E-state index contributed by atoms with van der Waals surface area (Å²) in [7, 11) is 0. The van der Waals surface area contributed by atoms with Crippen molar-refractivity contribution >= 4 is 6.21 Å². The van der Waals surface area contributed by atoms with Gasteiger partial charge in [0.25, 0.3) is 0 Å². The standard InChI is InChI=1S/C6H6N2/c1-2-5-4-6(5)8-7-3-1/h1-3,8H,4H2. The van der Waals surface area contributed by atoms with Crippen LogP contribution in [0.4, 0.5) is 0 Å². The molecule has 0 radical (unpaired) electrons. The highest BCUT2D eigenvalue weighted by molar-refractivity contribution is 5.73. The molecule has 0 unspecified atom stereocenters. The van der Waals surface area contributed by atoms with Crippen LogP contribution in [-0.4, -0.2) is 6.21 Å². The Morgan fingerprint density at radius 3 is 3.62 bits per heavy atom. The van der Waals surface area contributed by atoms with E-state index in [1.807, 2.05) is 6.08 Å². The molecule has 2 heteroatoms. The molecule has 2 nitrogen and oxygen atoms in total. The molecule has 0 atom stereocenters. The van der Waals surface area contributed by atoms with Crippen LogP contribution in [0.15, 0.2) is 28.5 Å². The van der Waals surface area contributed by atoms with Crippen molar-refractivity contribution in [3.63, 3.8) is 0 Å². The zero-order valence-electron chi connectivity index (χ0n) is 4.39. The first-order valence-electron chi connectivity index (χ1n) is 2.64. The second kappa shape index (κ2) is 1.22. The van der Waals surface area contributed by atoms with Crippen molar-refractivity contribution in [3.05, 3.63) is 23.4 Å². The number of hydrogen-bond donors (Lipinski definition) is 1. The van der Waals surface area contributed by atoms with Gasteiger partial charge in [-0.25, -0.2) is 0 Å². The molecule has 0 amide bonds. The van der Waals surface area contributed by atoms with Gasteiger partial charge in [0.15, 0.2) is 0 Å². The van der Waals surface area contributed by atoms with Crippen LogP contribution in [0, 0.1) is 0 Å². The number of hydrogen-bond acceptors (Lipinski definition) is 2. The maximum absolute atomic E-state index is 3.87. The average molecular weight is 106 g/mol. The largest absolute Gasteiger partial charge is 0.282 e. The molecular formula is C6H6N2.